The van der Waals surface area contributed by atoms with Gasteiger partial charge in [0, 0.05) is 40.2 Å². The van der Waals surface area contributed by atoms with E-state index in [0.29, 0.717) is 19.4 Å². The van der Waals surface area contributed by atoms with Crippen LogP contribution in [0.25, 0.3) is 0 Å². The van der Waals surface area contributed by atoms with Crippen LogP contribution in [0.5, 0.6) is 0 Å². The molecule has 7 heteroatoms. The largest absolute Gasteiger partial charge is 0.469 e. The topological polar surface area (TPSA) is 82.1 Å². The lowest BCUT2D eigenvalue weighted by Gasteiger charge is -2.32. The molecule has 2 atom stereocenters. The zero-order chi connectivity index (χ0) is 15.8. The van der Waals surface area contributed by atoms with E-state index in [9.17, 15) is 14.4 Å². The Hall–Kier alpha value is -1.47. The predicted octanol–water partition coefficient (Wildman–Crippen LogP) is 0.161. The molecule has 0 N–H and O–H groups in total. The fourth-order valence-corrected chi connectivity index (χ4v) is 2.38. The third-order valence-corrected chi connectivity index (χ3v) is 3.59. The van der Waals surface area contributed by atoms with Crippen LogP contribution in [0.15, 0.2) is 0 Å². The number of amides is 1. The summed E-state index contributed by atoms with van der Waals surface area (Å²) in [6.07, 6.45) is -0.0839. The third-order valence-electron chi connectivity index (χ3n) is 3.59. The second-order valence-corrected chi connectivity index (χ2v) is 4.92. The summed E-state index contributed by atoms with van der Waals surface area (Å²) in [6.45, 7) is 0.753. The highest BCUT2D eigenvalue weighted by Crippen LogP contribution is 2.15. The van der Waals surface area contributed by atoms with Gasteiger partial charge in [-0.05, 0) is 6.42 Å². The fourth-order valence-electron chi connectivity index (χ4n) is 2.38. The number of rotatable bonds is 5. The van der Waals surface area contributed by atoms with Gasteiger partial charge in [-0.15, -0.1) is 0 Å². The summed E-state index contributed by atoms with van der Waals surface area (Å²) < 4.78 is 15.0. The minimum atomic E-state index is -0.661. The van der Waals surface area contributed by atoms with Crippen LogP contribution < -0.4 is 0 Å². The molecule has 1 aliphatic heterocycles. The van der Waals surface area contributed by atoms with Gasteiger partial charge in [0.2, 0.25) is 5.91 Å². The molecule has 1 amide bonds. The molecule has 0 aliphatic carbocycles. The van der Waals surface area contributed by atoms with Crippen LogP contribution in [0, 0.1) is 0 Å². The number of ether oxygens (including phenoxy) is 3. The van der Waals surface area contributed by atoms with Gasteiger partial charge in [0.05, 0.1) is 13.5 Å². The van der Waals surface area contributed by atoms with Crippen molar-refractivity contribution in [3.05, 3.63) is 0 Å². The summed E-state index contributed by atoms with van der Waals surface area (Å²) in [5, 5.41) is 0. The van der Waals surface area contributed by atoms with Crippen molar-refractivity contribution in [2.24, 2.45) is 0 Å². The van der Waals surface area contributed by atoms with Gasteiger partial charge in [-0.25, -0.2) is 0 Å². The number of ketones is 1. The van der Waals surface area contributed by atoms with E-state index in [1.54, 1.807) is 4.90 Å². The molecule has 0 aromatic heterocycles. The van der Waals surface area contributed by atoms with E-state index in [1.165, 1.54) is 21.3 Å². The Kier molecular flexibility index (Phi) is 7.31. The van der Waals surface area contributed by atoms with E-state index in [2.05, 4.69) is 4.74 Å². The number of hydrogen-bond donors (Lipinski definition) is 0. The maximum absolute atomic E-state index is 12.2. The molecule has 1 saturated heterocycles. The van der Waals surface area contributed by atoms with Crippen LogP contribution in [0.4, 0.5) is 0 Å². The standard InChI is InChI=1S/C14H23NO6/c1-19-11-9-15(12(17)6-7-13(18)20-2)8-4-5-10(16)14(11)21-3/h11,14H,4-9H2,1-3H3/t11-,14-/m0/s1. The molecule has 0 unspecified atom stereocenters. The number of carbonyl (C=O) groups excluding carboxylic acids is 3. The first-order chi connectivity index (χ1) is 10.0. The van der Waals surface area contributed by atoms with Gasteiger partial charge in [0.15, 0.2) is 5.78 Å². The van der Waals surface area contributed by atoms with E-state index in [0.717, 1.165) is 0 Å². The van der Waals surface area contributed by atoms with Crippen LogP contribution >= 0.6 is 0 Å². The average molecular weight is 301 g/mol. The Morgan fingerprint density at radius 1 is 1.19 bits per heavy atom. The first kappa shape index (κ1) is 17.6. The summed E-state index contributed by atoms with van der Waals surface area (Å²) in [4.78, 5) is 36.8. The third kappa shape index (κ3) is 5.09. The van der Waals surface area contributed by atoms with Crippen molar-refractivity contribution >= 4 is 17.7 Å². The normalized spacial score (nSPS) is 23.4. The highest BCUT2D eigenvalue weighted by molar-refractivity contribution is 5.85. The molecule has 1 fully saturated rings. The molecule has 120 valence electrons. The minimum Gasteiger partial charge on any atom is -0.469 e. The van der Waals surface area contributed by atoms with Crippen molar-refractivity contribution in [2.45, 2.75) is 37.9 Å². The zero-order valence-electron chi connectivity index (χ0n) is 12.8. The molecule has 0 radical (unpaired) electrons. The maximum Gasteiger partial charge on any atom is 0.306 e. The molecule has 0 aromatic carbocycles. The zero-order valence-corrected chi connectivity index (χ0v) is 12.8. The number of carbonyl (C=O) groups is 3. The van der Waals surface area contributed by atoms with Crippen LogP contribution in [0.2, 0.25) is 0 Å². The Morgan fingerprint density at radius 2 is 1.90 bits per heavy atom. The summed E-state index contributed by atoms with van der Waals surface area (Å²) in [7, 11) is 4.24. The lowest BCUT2D eigenvalue weighted by Crippen LogP contribution is -2.49. The molecular weight excluding hydrogens is 278 g/mol. The molecule has 0 bridgehead atoms. The number of esters is 1. The van der Waals surface area contributed by atoms with Crippen LogP contribution in [0.3, 0.4) is 0 Å². The second-order valence-electron chi connectivity index (χ2n) is 4.92. The monoisotopic (exact) mass is 301 g/mol. The van der Waals surface area contributed by atoms with Gasteiger partial charge < -0.3 is 19.1 Å². The van der Waals surface area contributed by atoms with E-state index in [1.807, 2.05) is 0 Å². The summed E-state index contributed by atoms with van der Waals surface area (Å²) >= 11 is 0. The van der Waals surface area contributed by atoms with Crippen LogP contribution in [-0.2, 0) is 28.6 Å². The van der Waals surface area contributed by atoms with Gasteiger partial charge in [-0.3, -0.25) is 14.4 Å². The lowest BCUT2D eigenvalue weighted by molar-refractivity contribution is -0.148. The van der Waals surface area contributed by atoms with E-state index in [4.69, 9.17) is 9.47 Å². The number of likely N-dealkylation sites (tertiary alicyclic amines) is 1. The van der Waals surface area contributed by atoms with Crippen LogP contribution in [-0.4, -0.2) is 69.2 Å². The Labute approximate surface area is 124 Å². The lowest BCUT2D eigenvalue weighted by atomic mass is 10.0. The molecule has 0 spiro atoms. The van der Waals surface area contributed by atoms with Crippen molar-refractivity contribution in [3.63, 3.8) is 0 Å². The van der Waals surface area contributed by atoms with Gasteiger partial charge >= 0.3 is 5.97 Å². The molecule has 0 aromatic rings. The first-order valence-electron chi connectivity index (χ1n) is 6.96. The predicted molar refractivity (Wildman–Crippen MR) is 73.7 cm³/mol. The van der Waals surface area contributed by atoms with Crippen molar-refractivity contribution in [1.82, 2.24) is 4.90 Å². The van der Waals surface area contributed by atoms with Gasteiger partial charge in [0.25, 0.3) is 0 Å². The van der Waals surface area contributed by atoms with Gasteiger partial charge in [0.1, 0.15) is 12.2 Å². The molecular formula is C14H23NO6. The summed E-state index contributed by atoms with van der Waals surface area (Å²) in [5.74, 6) is -0.568. The van der Waals surface area contributed by atoms with E-state index < -0.39 is 18.2 Å². The van der Waals surface area contributed by atoms with E-state index >= 15 is 0 Å². The van der Waals surface area contributed by atoms with Gasteiger partial charge in [-0.2, -0.15) is 0 Å². The quantitative estimate of drug-likeness (QED) is 0.673. The average Bonchev–Trinajstić information content (AvgIpc) is 2.48. The molecule has 21 heavy (non-hydrogen) atoms. The number of methoxy groups -OCH3 is 3. The summed E-state index contributed by atoms with van der Waals surface area (Å²) in [5.41, 5.74) is 0. The highest BCUT2D eigenvalue weighted by atomic mass is 16.5. The van der Waals surface area contributed by atoms with Gasteiger partial charge in [-0.1, -0.05) is 0 Å². The molecule has 0 saturated carbocycles. The first-order valence-corrected chi connectivity index (χ1v) is 6.96. The van der Waals surface area contributed by atoms with Crippen LogP contribution in [0.1, 0.15) is 25.7 Å². The van der Waals surface area contributed by atoms with Crippen molar-refractivity contribution in [1.29, 1.82) is 0 Å². The highest BCUT2D eigenvalue weighted by Gasteiger charge is 2.33. The maximum atomic E-state index is 12.2. The fraction of sp³-hybridized carbons (Fsp3) is 0.786. The molecule has 1 heterocycles. The molecule has 1 aliphatic rings. The SMILES string of the molecule is COC(=O)CCC(=O)N1CCCC(=O)[C@H](OC)[C@@H](OC)C1. The number of hydrogen-bond acceptors (Lipinski definition) is 6. The van der Waals surface area contributed by atoms with Crippen molar-refractivity contribution < 1.29 is 28.6 Å². The Morgan fingerprint density at radius 3 is 2.48 bits per heavy atom. The second kappa shape index (κ2) is 8.74. The Bertz CT molecular complexity index is 384. The Balaban J connectivity index is 2.67. The smallest absolute Gasteiger partial charge is 0.306 e. The molecule has 7 nitrogen and oxygen atoms in total. The number of Topliss-reactive ketones (excluding diaryl/α,β-unsaturated/α-hetero) is 1. The minimum absolute atomic E-state index is 0.00832. The summed E-state index contributed by atoms with van der Waals surface area (Å²) in [6, 6.07) is 0. The van der Waals surface area contributed by atoms with Crippen molar-refractivity contribution in [3.8, 4) is 0 Å². The van der Waals surface area contributed by atoms with E-state index in [-0.39, 0.29) is 31.1 Å². The van der Waals surface area contributed by atoms with Crippen molar-refractivity contribution in [2.75, 3.05) is 34.4 Å². The molecule has 1 rings (SSSR count). The number of nitrogens with zero attached hydrogens (tertiary/aromatic N) is 1.